The molecule has 0 bridgehead atoms. The quantitative estimate of drug-likeness (QED) is 0.791. The largest absolute Gasteiger partial charge is 0.344 e. The maximum Gasteiger partial charge on any atom is 0.272 e. The summed E-state index contributed by atoms with van der Waals surface area (Å²) in [4.78, 5) is 16.3. The lowest BCUT2D eigenvalue weighted by Gasteiger charge is -2.12. The van der Waals surface area contributed by atoms with Crippen LogP contribution in [0.3, 0.4) is 0 Å². The summed E-state index contributed by atoms with van der Waals surface area (Å²) >= 11 is 0. The van der Waals surface area contributed by atoms with Crippen molar-refractivity contribution >= 4 is 5.91 Å². The molecule has 0 aliphatic rings. The van der Waals surface area contributed by atoms with Crippen LogP contribution in [0, 0.1) is 18.6 Å². The Morgan fingerprint density at radius 1 is 1.16 bits per heavy atom. The monoisotopic (exact) mass is 342 g/mol. The van der Waals surface area contributed by atoms with Gasteiger partial charge >= 0.3 is 0 Å². The van der Waals surface area contributed by atoms with Crippen LogP contribution < -0.4 is 5.32 Å². The molecule has 2 heterocycles. The van der Waals surface area contributed by atoms with Crippen molar-refractivity contribution in [3.63, 3.8) is 0 Å². The molecule has 0 saturated heterocycles. The van der Waals surface area contributed by atoms with Gasteiger partial charge in [-0.2, -0.15) is 5.10 Å². The first-order valence-electron chi connectivity index (χ1n) is 7.68. The Hall–Kier alpha value is -3.09. The van der Waals surface area contributed by atoms with Crippen LogP contribution in [0.1, 0.15) is 34.7 Å². The third-order valence-electron chi connectivity index (χ3n) is 3.81. The number of rotatable bonds is 4. The highest BCUT2D eigenvalue weighted by atomic mass is 19.1. The van der Waals surface area contributed by atoms with Gasteiger partial charge in [-0.15, -0.1) is 0 Å². The second-order valence-corrected chi connectivity index (χ2v) is 5.65. The van der Waals surface area contributed by atoms with Crippen LogP contribution >= 0.6 is 0 Å². The summed E-state index contributed by atoms with van der Waals surface area (Å²) in [6, 6.07) is 8.14. The lowest BCUT2D eigenvalue weighted by molar-refractivity contribution is 0.0934. The van der Waals surface area contributed by atoms with Crippen LogP contribution in [0.5, 0.6) is 0 Å². The van der Waals surface area contributed by atoms with Gasteiger partial charge in [0.2, 0.25) is 0 Å². The average Bonchev–Trinajstić information content (AvgIpc) is 2.97. The predicted octanol–water partition coefficient (Wildman–Crippen LogP) is 3.34. The summed E-state index contributed by atoms with van der Waals surface area (Å²) in [6.45, 7) is 3.54. The maximum atomic E-state index is 14.0. The topological polar surface area (TPSA) is 59.8 Å². The summed E-state index contributed by atoms with van der Waals surface area (Å²) < 4.78 is 28.3. The number of nitrogens with zero attached hydrogens (tertiary/aromatic N) is 3. The Balaban J connectivity index is 1.83. The molecule has 0 aliphatic carbocycles. The Labute approximate surface area is 143 Å². The number of pyridine rings is 1. The number of carbonyl (C=O) groups is 1. The van der Waals surface area contributed by atoms with E-state index in [1.807, 2.05) is 19.1 Å². The number of nitrogens with one attached hydrogen (secondary N) is 1. The second kappa shape index (κ2) is 6.80. The van der Waals surface area contributed by atoms with E-state index >= 15 is 0 Å². The molecule has 0 radical (unpaired) electrons. The van der Waals surface area contributed by atoms with Crippen LogP contribution in [0.15, 0.2) is 48.8 Å². The molecule has 5 nitrogen and oxygen atoms in total. The van der Waals surface area contributed by atoms with Gasteiger partial charge in [0.05, 0.1) is 6.04 Å². The molecule has 1 amide bonds. The number of halogens is 2. The third kappa shape index (κ3) is 3.55. The van der Waals surface area contributed by atoms with Gasteiger partial charge < -0.3 is 5.32 Å². The van der Waals surface area contributed by atoms with E-state index < -0.39 is 11.6 Å². The van der Waals surface area contributed by atoms with Crippen molar-refractivity contribution in [1.82, 2.24) is 20.1 Å². The van der Waals surface area contributed by atoms with E-state index in [-0.39, 0.29) is 23.3 Å². The fraction of sp³-hybridized carbons (Fsp3) is 0.167. The zero-order chi connectivity index (χ0) is 18.0. The fourth-order valence-corrected chi connectivity index (χ4v) is 2.49. The van der Waals surface area contributed by atoms with E-state index in [4.69, 9.17) is 0 Å². The van der Waals surface area contributed by atoms with Crippen LogP contribution in [0.25, 0.3) is 5.69 Å². The maximum absolute atomic E-state index is 14.0. The molecule has 0 fully saturated rings. The van der Waals surface area contributed by atoms with Crippen molar-refractivity contribution in [1.29, 1.82) is 0 Å². The molecule has 25 heavy (non-hydrogen) atoms. The molecule has 1 atom stereocenters. The van der Waals surface area contributed by atoms with Crippen molar-refractivity contribution in [2.75, 3.05) is 0 Å². The number of hydrogen-bond acceptors (Lipinski definition) is 3. The molecule has 3 rings (SSSR count). The van der Waals surface area contributed by atoms with E-state index in [9.17, 15) is 13.6 Å². The van der Waals surface area contributed by atoms with E-state index in [0.717, 1.165) is 17.7 Å². The number of aryl methyl sites for hydroxylation is 1. The summed E-state index contributed by atoms with van der Waals surface area (Å²) in [5.74, 6) is -1.80. The molecular formula is C18H16F2N4O. The van der Waals surface area contributed by atoms with Crippen LogP contribution in [-0.2, 0) is 0 Å². The molecule has 0 saturated carbocycles. The minimum Gasteiger partial charge on any atom is -0.344 e. The van der Waals surface area contributed by atoms with Crippen molar-refractivity contribution in [2.24, 2.45) is 0 Å². The molecule has 2 aromatic heterocycles. The van der Waals surface area contributed by atoms with Crippen molar-refractivity contribution in [3.05, 3.63) is 77.4 Å². The van der Waals surface area contributed by atoms with Crippen molar-refractivity contribution in [3.8, 4) is 5.69 Å². The first-order chi connectivity index (χ1) is 12.0. The van der Waals surface area contributed by atoms with Crippen molar-refractivity contribution in [2.45, 2.75) is 19.9 Å². The van der Waals surface area contributed by atoms with Gasteiger partial charge in [-0.05, 0) is 49.7 Å². The number of amides is 1. The third-order valence-corrected chi connectivity index (χ3v) is 3.81. The van der Waals surface area contributed by atoms with E-state index in [1.165, 1.54) is 10.7 Å². The Bertz CT molecular complexity index is 909. The van der Waals surface area contributed by atoms with Crippen molar-refractivity contribution < 1.29 is 13.6 Å². The Morgan fingerprint density at radius 2 is 1.88 bits per heavy atom. The summed E-state index contributed by atoms with van der Waals surface area (Å²) in [5, 5.41) is 6.98. The molecule has 7 heteroatoms. The normalized spacial score (nSPS) is 12.0. The summed E-state index contributed by atoms with van der Waals surface area (Å²) in [6.07, 6.45) is 3.29. The first-order valence-corrected chi connectivity index (χ1v) is 7.68. The molecule has 0 aliphatic heterocycles. The standard InChI is InChI=1S/C18H16F2N4O/c1-11-9-16(18(25)22-12(2)13-5-7-21-8-6-13)23-24(11)17-4-3-14(19)10-15(17)20/h3-10,12H,1-2H3,(H,22,25)/t12-/m0/s1. The van der Waals surface area contributed by atoms with Crippen LogP contribution in [0.2, 0.25) is 0 Å². The zero-order valence-corrected chi connectivity index (χ0v) is 13.7. The van der Waals surface area contributed by atoms with Gasteiger partial charge in [0.15, 0.2) is 11.5 Å². The average molecular weight is 342 g/mol. The molecule has 3 aromatic rings. The van der Waals surface area contributed by atoms with Crippen LogP contribution in [0.4, 0.5) is 8.78 Å². The SMILES string of the molecule is Cc1cc(C(=O)N[C@@H](C)c2ccncc2)nn1-c1ccc(F)cc1F. The lowest BCUT2D eigenvalue weighted by Crippen LogP contribution is -2.27. The molecule has 1 aromatic carbocycles. The minimum atomic E-state index is -0.747. The van der Waals surface area contributed by atoms with Crippen LogP contribution in [-0.4, -0.2) is 20.7 Å². The van der Waals surface area contributed by atoms with Gasteiger partial charge in [0.25, 0.3) is 5.91 Å². The summed E-state index contributed by atoms with van der Waals surface area (Å²) in [7, 11) is 0. The van der Waals surface area contributed by atoms with E-state index in [2.05, 4.69) is 15.4 Å². The molecular weight excluding hydrogens is 326 g/mol. The summed E-state index contributed by atoms with van der Waals surface area (Å²) in [5.41, 5.74) is 1.71. The molecule has 0 unspecified atom stereocenters. The fourth-order valence-electron chi connectivity index (χ4n) is 2.49. The first kappa shape index (κ1) is 16.8. The molecule has 1 N–H and O–H groups in total. The second-order valence-electron chi connectivity index (χ2n) is 5.65. The number of benzene rings is 1. The van der Waals surface area contributed by atoms with Gasteiger partial charge in [-0.25, -0.2) is 13.5 Å². The highest BCUT2D eigenvalue weighted by Gasteiger charge is 2.17. The highest BCUT2D eigenvalue weighted by Crippen LogP contribution is 2.18. The smallest absolute Gasteiger partial charge is 0.272 e. The van der Waals surface area contributed by atoms with Gasteiger partial charge in [0.1, 0.15) is 11.5 Å². The van der Waals surface area contributed by atoms with Gasteiger partial charge in [-0.1, -0.05) is 0 Å². The molecule has 128 valence electrons. The number of hydrogen-bond donors (Lipinski definition) is 1. The lowest BCUT2D eigenvalue weighted by atomic mass is 10.1. The predicted molar refractivity (Wildman–Crippen MR) is 88.3 cm³/mol. The number of carbonyl (C=O) groups excluding carboxylic acids is 1. The minimum absolute atomic E-state index is 0.0835. The number of aromatic nitrogens is 3. The van der Waals surface area contributed by atoms with E-state index in [0.29, 0.717) is 5.69 Å². The van der Waals surface area contributed by atoms with Gasteiger partial charge in [0, 0.05) is 24.2 Å². The zero-order valence-electron chi connectivity index (χ0n) is 13.7. The highest BCUT2D eigenvalue weighted by molar-refractivity contribution is 5.92. The van der Waals surface area contributed by atoms with Gasteiger partial charge in [-0.3, -0.25) is 9.78 Å². The molecule has 0 spiro atoms. The Kier molecular flexibility index (Phi) is 4.56. The Morgan fingerprint density at radius 3 is 2.56 bits per heavy atom. The van der Waals surface area contributed by atoms with E-state index in [1.54, 1.807) is 25.4 Å².